The first-order chi connectivity index (χ1) is 13.0. The van der Waals surface area contributed by atoms with Crippen LogP contribution in [0.5, 0.6) is 5.75 Å². The highest BCUT2D eigenvalue weighted by Crippen LogP contribution is 2.26. The number of amides is 1. The van der Waals surface area contributed by atoms with E-state index < -0.39 is 0 Å². The van der Waals surface area contributed by atoms with E-state index in [1.165, 1.54) is 6.20 Å². The highest BCUT2D eigenvalue weighted by molar-refractivity contribution is 6.31. The predicted molar refractivity (Wildman–Crippen MR) is 106 cm³/mol. The van der Waals surface area contributed by atoms with Crippen molar-refractivity contribution in [3.05, 3.63) is 52.8 Å². The van der Waals surface area contributed by atoms with Gasteiger partial charge < -0.3 is 19.9 Å². The molecule has 2 aromatic heterocycles. The quantitative estimate of drug-likeness (QED) is 0.727. The van der Waals surface area contributed by atoms with Crippen LogP contribution in [0.25, 0.3) is 10.9 Å². The summed E-state index contributed by atoms with van der Waals surface area (Å²) >= 11 is 6.13. The molecule has 0 saturated carbocycles. The van der Waals surface area contributed by atoms with Crippen molar-refractivity contribution in [2.75, 3.05) is 31.1 Å². The van der Waals surface area contributed by atoms with Crippen molar-refractivity contribution in [2.24, 2.45) is 0 Å². The molecule has 4 rings (SSSR count). The maximum atomic E-state index is 12.8. The number of aromatic hydroxyl groups is 1. The van der Waals surface area contributed by atoms with Gasteiger partial charge in [-0.2, -0.15) is 0 Å². The van der Waals surface area contributed by atoms with Gasteiger partial charge in [-0.25, -0.2) is 4.98 Å². The molecule has 1 fully saturated rings. The first-order valence-electron chi connectivity index (χ1n) is 8.96. The van der Waals surface area contributed by atoms with Gasteiger partial charge >= 0.3 is 0 Å². The van der Waals surface area contributed by atoms with Gasteiger partial charge in [0.2, 0.25) is 5.91 Å². The standard InChI is InChI=1S/C20H21ClN4O2/c1-13-16(17-10-14(21)2-4-18(17)23-13)11-20(27)25-8-6-24(7-9-25)19-5-3-15(26)12-22-19/h2-5,10,12,23,26H,6-9,11H2,1H3. The molecule has 0 atom stereocenters. The lowest BCUT2D eigenvalue weighted by Gasteiger charge is -2.35. The van der Waals surface area contributed by atoms with E-state index in [1.54, 1.807) is 12.1 Å². The second-order valence-electron chi connectivity index (χ2n) is 6.84. The van der Waals surface area contributed by atoms with E-state index >= 15 is 0 Å². The van der Waals surface area contributed by atoms with E-state index in [0.29, 0.717) is 24.5 Å². The number of H-pyrrole nitrogens is 1. The van der Waals surface area contributed by atoms with E-state index in [1.807, 2.05) is 30.0 Å². The Balaban J connectivity index is 1.44. The third-order valence-electron chi connectivity index (χ3n) is 5.10. The number of hydrogen-bond acceptors (Lipinski definition) is 4. The number of halogens is 1. The second kappa shape index (κ2) is 7.12. The van der Waals surface area contributed by atoms with Crippen molar-refractivity contribution in [1.82, 2.24) is 14.9 Å². The van der Waals surface area contributed by atoms with Gasteiger partial charge in [0.15, 0.2) is 0 Å². The SMILES string of the molecule is Cc1[nH]c2ccc(Cl)cc2c1CC(=O)N1CCN(c2ccc(O)cn2)CC1. The predicted octanol–water partition coefficient (Wildman–Crippen LogP) is 3.12. The summed E-state index contributed by atoms with van der Waals surface area (Å²) in [6, 6.07) is 9.14. The number of hydrogen-bond donors (Lipinski definition) is 2. The van der Waals surface area contributed by atoms with Gasteiger partial charge in [-0.3, -0.25) is 4.79 Å². The average molecular weight is 385 g/mol. The molecule has 27 heavy (non-hydrogen) atoms. The third kappa shape index (κ3) is 3.57. The summed E-state index contributed by atoms with van der Waals surface area (Å²) in [5.41, 5.74) is 3.02. The van der Waals surface area contributed by atoms with Crippen LogP contribution < -0.4 is 4.90 Å². The van der Waals surface area contributed by atoms with Gasteiger partial charge in [0.05, 0.1) is 12.6 Å². The monoisotopic (exact) mass is 384 g/mol. The number of carbonyl (C=O) groups excluding carboxylic acids is 1. The highest BCUT2D eigenvalue weighted by atomic mass is 35.5. The number of aromatic nitrogens is 2. The smallest absolute Gasteiger partial charge is 0.227 e. The number of anilines is 1. The summed E-state index contributed by atoms with van der Waals surface area (Å²) in [6.07, 6.45) is 1.81. The van der Waals surface area contributed by atoms with Crippen LogP contribution in [-0.4, -0.2) is 52.1 Å². The lowest BCUT2D eigenvalue weighted by Crippen LogP contribution is -2.49. The molecule has 140 valence electrons. The zero-order valence-corrected chi connectivity index (χ0v) is 15.8. The number of pyridine rings is 1. The lowest BCUT2D eigenvalue weighted by molar-refractivity contribution is -0.130. The normalized spacial score (nSPS) is 14.7. The average Bonchev–Trinajstić information content (AvgIpc) is 2.97. The Morgan fingerprint density at radius 1 is 1.22 bits per heavy atom. The number of aryl methyl sites for hydroxylation is 1. The summed E-state index contributed by atoms with van der Waals surface area (Å²) in [5.74, 6) is 1.10. The van der Waals surface area contributed by atoms with Crippen molar-refractivity contribution in [3.63, 3.8) is 0 Å². The van der Waals surface area contributed by atoms with Crippen LogP contribution in [0, 0.1) is 6.92 Å². The Hall–Kier alpha value is -2.73. The second-order valence-corrected chi connectivity index (χ2v) is 7.27. The fourth-order valence-electron chi connectivity index (χ4n) is 3.60. The van der Waals surface area contributed by atoms with Gasteiger partial charge in [-0.15, -0.1) is 0 Å². The van der Waals surface area contributed by atoms with E-state index in [4.69, 9.17) is 11.6 Å². The van der Waals surface area contributed by atoms with Crippen molar-refractivity contribution >= 4 is 34.2 Å². The van der Waals surface area contributed by atoms with Crippen molar-refractivity contribution in [1.29, 1.82) is 0 Å². The topological polar surface area (TPSA) is 72.5 Å². The molecule has 2 N–H and O–H groups in total. The summed E-state index contributed by atoms with van der Waals surface area (Å²) in [4.78, 5) is 24.4. The highest BCUT2D eigenvalue weighted by Gasteiger charge is 2.23. The van der Waals surface area contributed by atoms with Crippen molar-refractivity contribution in [3.8, 4) is 5.75 Å². The molecule has 0 radical (unpaired) electrons. The van der Waals surface area contributed by atoms with Crippen molar-refractivity contribution < 1.29 is 9.90 Å². The molecule has 1 aromatic carbocycles. The maximum absolute atomic E-state index is 12.8. The molecule has 0 unspecified atom stereocenters. The van der Waals surface area contributed by atoms with Gasteiger partial charge in [-0.1, -0.05) is 11.6 Å². The largest absolute Gasteiger partial charge is 0.506 e. The number of piperazine rings is 1. The maximum Gasteiger partial charge on any atom is 0.227 e. The van der Waals surface area contributed by atoms with Gasteiger partial charge in [0.25, 0.3) is 0 Å². The third-order valence-corrected chi connectivity index (χ3v) is 5.33. The molecule has 1 aliphatic heterocycles. The van der Waals surface area contributed by atoms with Crippen LogP contribution in [0.3, 0.4) is 0 Å². The van der Waals surface area contributed by atoms with Crippen LogP contribution in [-0.2, 0) is 11.2 Å². The summed E-state index contributed by atoms with van der Waals surface area (Å²) in [7, 11) is 0. The molecule has 0 bridgehead atoms. The molecular formula is C20H21ClN4O2. The lowest BCUT2D eigenvalue weighted by atomic mass is 10.1. The molecule has 3 aromatic rings. The number of nitrogens with one attached hydrogen (secondary N) is 1. The van der Waals surface area contributed by atoms with Crippen LogP contribution in [0.4, 0.5) is 5.82 Å². The number of fused-ring (bicyclic) bond motifs is 1. The number of carbonyl (C=O) groups is 1. The van der Waals surface area contributed by atoms with E-state index in [-0.39, 0.29) is 11.7 Å². The first kappa shape index (κ1) is 17.7. The zero-order valence-electron chi connectivity index (χ0n) is 15.1. The fraction of sp³-hybridized carbons (Fsp3) is 0.300. The number of nitrogens with zero attached hydrogens (tertiary/aromatic N) is 3. The van der Waals surface area contributed by atoms with E-state index in [9.17, 15) is 9.90 Å². The Kier molecular flexibility index (Phi) is 4.66. The van der Waals surface area contributed by atoms with Gasteiger partial charge in [0, 0.05) is 47.8 Å². The Labute approximate surface area is 162 Å². The van der Waals surface area contributed by atoms with Crippen molar-refractivity contribution in [2.45, 2.75) is 13.3 Å². The molecular weight excluding hydrogens is 364 g/mol. The summed E-state index contributed by atoms with van der Waals surface area (Å²) < 4.78 is 0. The Morgan fingerprint density at radius 3 is 2.70 bits per heavy atom. The Morgan fingerprint density at radius 2 is 2.00 bits per heavy atom. The molecule has 3 heterocycles. The molecule has 7 heteroatoms. The Bertz CT molecular complexity index is 976. The number of rotatable bonds is 3. The summed E-state index contributed by atoms with van der Waals surface area (Å²) in [6.45, 7) is 4.75. The minimum atomic E-state index is 0.122. The van der Waals surface area contributed by atoms with Crippen LogP contribution >= 0.6 is 11.6 Å². The molecule has 0 aliphatic carbocycles. The van der Waals surface area contributed by atoms with Gasteiger partial charge in [0.1, 0.15) is 11.6 Å². The van der Waals surface area contributed by atoms with E-state index in [0.717, 1.165) is 41.1 Å². The summed E-state index contributed by atoms with van der Waals surface area (Å²) in [5, 5.41) is 11.0. The van der Waals surface area contributed by atoms with E-state index in [2.05, 4.69) is 14.9 Å². The zero-order chi connectivity index (χ0) is 19.0. The van der Waals surface area contributed by atoms with Crippen LogP contribution in [0.1, 0.15) is 11.3 Å². The number of aromatic amines is 1. The first-order valence-corrected chi connectivity index (χ1v) is 9.33. The number of benzene rings is 1. The minimum Gasteiger partial charge on any atom is -0.506 e. The molecule has 1 aliphatic rings. The molecule has 1 saturated heterocycles. The molecule has 6 nitrogen and oxygen atoms in total. The molecule has 0 spiro atoms. The van der Waals surface area contributed by atoms with Gasteiger partial charge in [-0.05, 0) is 42.8 Å². The molecule has 1 amide bonds. The van der Waals surface area contributed by atoms with Crippen LogP contribution in [0.15, 0.2) is 36.5 Å². The van der Waals surface area contributed by atoms with Crippen LogP contribution in [0.2, 0.25) is 5.02 Å². The fourth-order valence-corrected chi connectivity index (χ4v) is 3.77. The minimum absolute atomic E-state index is 0.122.